The Kier molecular flexibility index (Phi) is 4.52. The molecule has 6 heteroatoms. The zero-order valence-electron chi connectivity index (χ0n) is 12.4. The summed E-state index contributed by atoms with van der Waals surface area (Å²) in [5.74, 6) is -0.352. The van der Waals surface area contributed by atoms with Gasteiger partial charge in [-0.2, -0.15) is 0 Å². The molecule has 1 heterocycles. The van der Waals surface area contributed by atoms with Gasteiger partial charge in [-0.1, -0.05) is 36.0 Å². The molecule has 3 rings (SSSR count). The Morgan fingerprint density at radius 3 is 2.87 bits per heavy atom. The highest BCUT2D eigenvalue weighted by molar-refractivity contribution is 8.00. The van der Waals surface area contributed by atoms with E-state index in [2.05, 4.69) is 15.3 Å². The van der Waals surface area contributed by atoms with Crippen LogP contribution < -0.4 is 5.32 Å². The summed E-state index contributed by atoms with van der Waals surface area (Å²) >= 11 is 1.33. The molecule has 1 N–H and O–H groups in total. The van der Waals surface area contributed by atoms with Crippen molar-refractivity contribution in [3.8, 4) is 0 Å². The molecule has 3 aromatic rings. The van der Waals surface area contributed by atoms with Gasteiger partial charge in [0.1, 0.15) is 17.2 Å². The fourth-order valence-corrected chi connectivity index (χ4v) is 2.89. The van der Waals surface area contributed by atoms with Crippen LogP contribution in [-0.2, 0) is 4.79 Å². The molecule has 0 aliphatic heterocycles. The lowest BCUT2D eigenvalue weighted by molar-refractivity contribution is -0.113. The minimum absolute atomic E-state index is 0.191. The number of aromatic nitrogens is 2. The van der Waals surface area contributed by atoms with Gasteiger partial charge in [0.2, 0.25) is 5.91 Å². The molecule has 0 aliphatic rings. The number of thioether (sulfide) groups is 1. The van der Waals surface area contributed by atoms with Crippen LogP contribution in [-0.4, -0.2) is 21.6 Å². The van der Waals surface area contributed by atoms with Crippen LogP contribution in [0.3, 0.4) is 0 Å². The fourth-order valence-electron chi connectivity index (χ4n) is 2.10. The largest absolute Gasteiger partial charge is 0.325 e. The maximum atomic E-state index is 13.5. The van der Waals surface area contributed by atoms with Crippen molar-refractivity contribution in [3.63, 3.8) is 0 Å². The van der Waals surface area contributed by atoms with E-state index in [4.69, 9.17) is 0 Å². The fraction of sp³-hybridized carbons (Fsp3) is 0.118. The number of rotatable bonds is 4. The molecular formula is C17H14FN3OS. The minimum Gasteiger partial charge on any atom is -0.325 e. The number of carbonyl (C=O) groups is 1. The lowest BCUT2D eigenvalue weighted by Crippen LogP contribution is -2.14. The molecule has 0 radical (unpaired) electrons. The highest BCUT2D eigenvalue weighted by Gasteiger charge is 2.09. The number of para-hydroxylation sites is 1. The second-order valence-corrected chi connectivity index (χ2v) is 5.96. The predicted octanol–water partition coefficient (Wildman–Crippen LogP) is 3.81. The number of amides is 1. The van der Waals surface area contributed by atoms with Crippen molar-refractivity contribution in [2.45, 2.75) is 11.9 Å². The molecule has 0 bridgehead atoms. The number of anilines is 1. The average Bonchev–Trinajstić information content (AvgIpc) is 2.56. The summed E-state index contributed by atoms with van der Waals surface area (Å²) in [6, 6.07) is 12.3. The van der Waals surface area contributed by atoms with Gasteiger partial charge in [-0.05, 0) is 30.7 Å². The number of carbonyl (C=O) groups excluding carboxylic acids is 1. The highest BCUT2D eigenvalue weighted by atomic mass is 32.2. The molecule has 0 fully saturated rings. The van der Waals surface area contributed by atoms with Crippen LogP contribution in [0.2, 0.25) is 0 Å². The van der Waals surface area contributed by atoms with Gasteiger partial charge in [-0.25, -0.2) is 14.4 Å². The van der Waals surface area contributed by atoms with Gasteiger partial charge in [0.05, 0.1) is 11.3 Å². The Hall–Kier alpha value is -2.47. The van der Waals surface area contributed by atoms with E-state index in [1.165, 1.54) is 24.2 Å². The number of nitrogens with one attached hydrogen (secondary N) is 1. The molecule has 4 nitrogen and oxygen atoms in total. The number of halogens is 1. The van der Waals surface area contributed by atoms with E-state index in [0.717, 1.165) is 15.9 Å². The van der Waals surface area contributed by atoms with Crippen molar-refractivity contribution < 1.29 is 9.18 Å². The molecule has 0 saturated heterocycles. The number of benzene rings is 2. The Morgan fingerprint density at radius 2 is 2.04 bits per heavy atom. The van der Waals surface area contributed by atoms with Crippen molar-refractivity contribution in [1.82, 2.24) is 9.97 Å². The van der Waals surface area contributed by atoms with E-state index in [1.54, 1.807) is 19.1 Å². The smallest absolute Gasteiger partial charge is 0.234 e. The molecule has 0 spiro atoms. The van der Waals surface area contributed by atoms with Crippen LogP contribution in [0.1, 0.15) is 5.56 Å². The Bertz CT molecular complexity index is 864. The van der Waals surface area contributed by atoms with Crippen molar-refractivity contribution in [2.75, 3.05) is 11.1 Å². The number of hydrogen-bond donors (Lipinski definition) is 1. The number of hydrogen-bond acceptors (Lipinski definition) is 4. The first-order chi connectivity index (χ1) is 11.1. The quantitative estimate of drug-likeness (QED) is 0.585. The SMILES string of the molecule is Cc1ccc(NC(=O)CSc2ncnc3ccccc23)cc1F. The van der Waals surface area contributed by atoms with Crippen molar-refractivity contribution in [1.29, 1.82) is 0 Å². The molecule has 0 unspecified atom stereocenters. The first-order valence-electron chi connectivity index (χ1n) is 7.02. The summed E-state index contributed by atoms with van der Waals surface area (Å²) in [7, 11) is 0. The third-order valence-corrected chi connectivity index (χ3v) is 4.31. The average molecular weight is 327 g/mol. The van der Waals surface area contributed by atoms with Crippen LogP contribution in [0, 0.1) is 12.7 Å². The zero-order valence-corrected chi connectivity index (χ0v) is 13.2. The summed E-state index contributed by atoms with van der Waals surface area (Å²) in [4.78, 5) is 20.4. The van der Waals surface area contributed by atoms with Gasteiger partial charge in [-0.3, -0.25) is 4.79 Å². The molecule has 0 saturated carbocycles. The lowest BCUT2D eigenvalue weighted by Gasteiger charge is -2.07. The molecule has 1 amide bonds. The predicted molar refractivity (Wildman–Crippen MR) is 90.0 cm³/mol. The van der Waals surface area contributed by atoms with Crippen LogP contribution in [0.15, 0.2) is 53.8 Å². The van der Waals surface area contributed by atoms with Crippen molar-refractivity contribution in [3.05, 3.63) is 60.2 Å². The van der Waals surface area contributed by atoms with E-state index in [1.807, 2.05) is 24.3 Å². The molecule has 23 heavy (non-hydrogen) atoms. The lowest BCUT2D eigenvalue weighted by atomic mass is 10.2. The summed E-state index contributed by atoms with van der Waals surface area (Å²) in [6.45, 7) is 1.68. The van der Waals surface area contributed by atoms with Gasteiger partial charge < -0.3 is 5.32 Å². The van der Waals surface area contributed by atoms with E-state index in [9.17, 15) is 9.18 Å². The zero-order chi connectivity index (χ0) is 16.2. The summed E-state index contributed by atoms with van der Waals surface area (Å²) < 4.78 is 13.5. The first-order valence-corrected chi connectivity index (χ1v) is 8.00. The van der Waals surface area contributed by atoms with Gasteiger partial charge in [0, 0.05) is 11.1 Å². The van der Waals surface area contributed by atoms with E-state index in [-0.39, 0.29) is 17.5 Å². The molecule has 0 aliphatic carbocycles. The molecule has 1 aromatic heterocycles. The molecule has 0 atom stereocenters. The number of nitrogens with zero attached hydrogens (tertiary/aromatic N) is 2. The van der Waals surface area contributed by atoms with Crippen molar-refractivity contribution >= 4 is 34.3 Å². The minimum atomic E-state index is -0.336. The van der Waals surface area contributed by atoms with Crippen LogP contribution in [0.5, 0.6) is 0 Å². The third-order valence-electron chi connectivity index (χ3n) is 3.30. The Morgan fingerprint density at radius 1 is 1.22 bits per heavy atom. The highest BCUT2D eigenvalue weighted by Crippen LogP contribution is 2.24. The van der Waals surface area contributed by atoms with Crippen LogP contribution in [0.25, 0.3) is 10.9 Å². The van der Waals surface area contributed by atoms with Crippen LogP contribution in [0.4, 0.5) is 10.1 Å². The topological polar surface area (TPSA) is 54.9 Å². The number of fused-ring (bicyclic) bond motifs is 1. The third kappa shape index (κ3) is 3.65. The van der Waals surface area contributed by atoms with E-state index >= 15 is 0 Å². The second kappa shape index (κ2) is 6.75. The maximum Gasteiger partial charge on any atom is 0.234 e. The molecular weight excluding hydrogens is 313 g/mol. The summed E-state index contributed by atoms with van der Waals surface area (Å²) in [5, 5.41) is 4.35. The first kappa shape index (κ1) is 15.4. The normalized spacial score (nSPS) is 10.7. The number of aryl methyl sites for hydroxylation is 1. The second-order valence-electron chi connectivity index (χ2n) is 5.00. The van der Waals surface area contributed by atoms with Gasteiger partial charge >= 0.3 is 0 Å². The monoisotopic (exact) mass is 327 g/mol. The van der Waals surface area contributed by atoms with Gasteiger partial charge in [0.25, 0.3) is 0 Å². The standard InChI is InChI=1S/C17H14FN3OS/c1-11-6-7-12(8-14(11)18)21-16(22)9-23-17-13-4-2-3-5-15(13)19-10-20-17/h2-8,10H,9H2,1H3,(H,21,22). The van der Waals surface area contributed by atoms with E-state index in [0.29, 0.717) is 11.3 Å². The summed E-state index contributed by atoms with van der Waals surface area (Å²) in [5.41, 5.74) is 1.84. The van der Waals surface area contributed by atoms with Crippen LogP contribution >= 0.6 is 11.8 Å². The van der Waals surface area contributed by atoms with Crippen molar-refractivity contribution in [2.24, 2.45) is 0 Å². The van der Waals surface area contributed by atoms with Gasteiger partial charge in [-0.15, -0.1) is 0 Å². The molecule has 116 valence electrons. The van der Waals surface area contributed by atoms with Gasteiger partial charge in [0.15, 0.2) is 0 Å². The Balaban J connectivity index is 1.67. The maximum absolute atomic E-state index is 13.5. The molecule has 2 aromatic carbocycles. The van der Waals surface area contributed by atoms with E-state index < -0.39 is 0 Å². The summed E-state index contributed by atoms with van der Waals surface area (Å²) in [6.07, 6.45) is 1.48. The Labute approximate surface area is 137 Å².